The molecular formula is C20H32OSi. The van der Waals surface area contributed by atoms with Gasteiger partial charge in [-0.15, -0.1) is 5.70 Å². The highest BCUT2D eigenvalue weighted by atomic mass is 28.3. The smallest absolute Gasteiger partial charge is 0.119 e. The zero-order valence-electron chi connectivity index (χ0n) is 14.4. The molecule has 0 aliphatic carbocycles. The van der Waals surface area contributed by atoms with Crippen molar-refractivity contribution in [3.63, 3.8) is 0 Å². The van der Waals surface area contributed by atoms with Crippen LogP contribution in [0, 0.1) is 5.92 Å². The van der Waals surface area contributed by atoms with Crippen molar-refractivity contribution in [2.24, 2.45) is 5.92 Å². The summed E-state index contributed by atoms with van der Waals surface area (Å²) in [6, 6.07) is 11.8. The molecule has 1 saturated heterocycles. The Balaban J connectivity index is 1.68. The molecule has 0 amide bonds. The van der Waals surface area contributed by atoms with Gasteiger partial charge in [0.05, 0.1) is 15.4 Å². The van der Waals surface area contributed by atoms with E-state index in [0.717, 1.165) is 18.3 Å². The van der Waals surface area contributed by atoms with Crippen LogP contribution in [0.25, 0.3) is 0 Å². The van der Waals surface area contributed by atoms with Crippen molar-refractivity contribution < 1.29 is 4.74 Å². The van der Waals surface area contributed by atoms with Crippen LogP contribution in [0.1, 0.15) is 51.5 Å². The third kappa shape index (κ3) is 6.00. The van der Waals surface area contributed by atoms with E-state index in [1.807, 2.05) is 6.92 Å². The Hall–Kier alpha value is -1.02. The number of ether oxygens (including phenoxy) is 1. The van der Waals surface area contributed by atoms with Gasteiger partial charge in [-0.25, -0.2) is 0 Å². The number of unbranched alkanes of at least 4 members (excludes halogenated alkanes) is 1. The fraction of sp³-hybridized carbons (Fsp3) is 0.600. The van der Waals surface area contributed by atoms with Crippen LogP contribution in [0.5, 0.6) is 5.75 Å². The molecule has 122 valence electrons. The minimum atomic E-state index is -0.507. The van der Waals surface area contributed by atoms with E-state index in [9.17, 15) is 0 Å². The number of rotatable bonds is 8. The molecule has 0 radical (unpaired) electrons. The highest BCUT2D eigenvalue weighted by molar-refractivity contribution is 6.64. The Kier molecular flexibility index (Phi) is 7.79. The molecule has 0 saturated carbocycles. The molecule has 0 aromatic heterocycles. The fourth-order valence-electron chi connectivity index (χ4n) is 3.41. The van der Waals surface area contributed by atoms with E-state index in [0.29, 0.717) is 0 Å². The molecule has 1 aromatic carbocycles. The van der Waals surface area contributed by atoms with Gasteiger partial charge in [-0.1, -0.05) is 56.5 Å². The largest absolute Gasteiger partial charge is 0.494 e. The Morgan fingerprint density at radius 3 is 2.50 bits per heavy atom. The van der Waals surface area contributed by atoms with E-state index in [2.05, 4.69) is 43.0 Å². The van der Waals surface area contributed by atoms with Gasteiger partial charge < -0.3 is 4.74 Å². The van der Waals surface area contributed by atoms with Gasteiger partial charge in [-0.3, -0.25) is 0 Å². The lowest BCUT2D eigenvalue weighted by Crippen LogP contribution is -2.20. The molecule has 1 heterocycles. The van der Waals surface area contributed by atoms with Crippen LogP contribution in [0.2, 0.25) is 12.1 Å². The van der Waals surface area contributed by atoms with Crippen molar-refractivity contribution in [2.45, 2.75) is 64.5 Å². The first-order valence-electron chi connectivity index (χ1n) is 9.20. The molecule has 0 bridgehead atoms. The molecular weight excluding hydrogens is 284 g/mol. The molecule has 0 spiro atoms. The number of aryl methyl sites for hydroxylation is 1. The van der Waals surface area contributed by atoms with E-state index in [-0.39, 0.29) is 0 Å². The first-order valence-corrected chi connectivity index (χ1v) is 11.5. The summed E-state index contributed by atoms with van der Waals surface area (Å²) in [5.41, 5.74) is 4.08. The van der Waals surface area contributed by atoms with Crippen LogP contribution in [0.4, 0.5) is 0 Å². The summed E-state index contributed by atoms with van der Waals surface area (Å²) in [5.74, 6) is 1.96. The van der Waals surface area contributed by atoms with Gasteiger partial charge in [0.25, 0.3) is 0 Å². The van der Waals surface area contributed by atoms with Crippen LogP contribution in [0.3, 0.4) is 0 Å². The van der Waals surface area contributed by atoms with Crippen LogP contribution < -0.4 is 4.74 Å². The second kappa shape index (κ2) is 9.89. The lowest BCUT2D eigenvalue weighted by atomic mass is 9.94. The van der Waals surface area contributed by atoms with Crippen molar-refractivity contribution in [3.8, 4) is 5.75 Å². The lowest BCUT2D eigenvalue weighted by molar-refractivity contribution is 0.340. The van der Waals surface area contributed by atoms with Gasteiger partial charge in [0.2, 0.25) is 0 Å². The molecule has 1 fully saturated rings. The van der Waals surface area contributed by atoms with Crippen LogP contribution >= 0.6 is 0 Å². The lowest BCUT2D eigenvalue weighted by Gasteiger charge is -2.26. The molecule has 2 heteroatoms. The molecule has 22 heavy (non-hydrogen) atoms. The van der Waals surface area contributed by atoms with Gasteiger partial charge in [0.1, 0.15) is 5.75 Å². The Bertz CT molecular complexity index is 430. The third-order valence-electron chi connectivity index (χ3n) is 4.83. The maximum absolute atomic E-state index is 5.51. The highest BCUT2D eigenvalue weighted by Crippen LogP contribution is 2.29. The van der Waals surface area contributed by atoms with E-state index in [4.69, 9.17) is 4.74 Å². The summed E-state index contributed by atoms with van der Waals surface area (Å²) >= 11 is 0. The van der Waals surface area contributed by atoms with Crippen LogP contribution in [-0.2, 0) is 6.42 Å². The molecule has 1 aromatic rings. The third-order valence-corrected chi connectivity index (χ3v) is 7.80. The maximum atomic E-state index is 5.51. The highest BCUT2D eigenvalue weighted by Gasteiger charge is 2.20. The SMILES string of the molecule is CCCC=C[Si@H]1CC[C@H](CCc2ccc(OCC)cc2)CC1. The van der Waals surface area contributed by atoms with E-state index < -0.39 is 8.80 Å². The molecule has 0 atom stereocenters. The average molecular weight is 317 g/mol. The second-order valence-electron chi connectivity index (χ2n) is 6.61. The Labute approximate surface area is 138 Å². The Morgan fingerprint density at radius 1 is 1.14 bits per heavy atom. The van der Waals surface area contributed by atoms with Crippen molar-refractivity contribution in [1.82, 2.24) is 0 Å². The monoisotopic (exact) mass is 316 g/mol. The summed E-state index contributed by atoms with van der Waals surface area (Å²) in [7, 11) is -0.507. The molecule has 1 nitrogen and oxygen atoms in total. The van der Waals surface area contributed by atoms with Crippen molar-refractivity contribution in [2.75, 3.05) is 6.61 Å². The standard InChI is InChI=1S/C20H32OSi/c1-3-5-6-15-22-16-13-19(14-17-22)8-7-18-9-11-20(12-10-18)21-4-2/h6,9-12,15,19,22H,3-5,7-8,13-14,16-17H2,1-2H3/t19-,22-. The summed E-state index contributed by atoms with van der Waals surface area (Å²) in [6.07, 6.45) is 10.6. The van der Waals surface area contributed by atoms with E-state index >= 15 is 0 Å². The number of hydrogen-bond acceptors (Lipinski definition) is 1. The molecule has 0 N–H and O–H groups in total. The molecule has 0 unspecified atom stereocenters. The quantitative estimate of drug-likeness (QED) is 0.571. The normalized spacial score (nSPS) is 22.1. The number of benzene rings is 1. The summed E-state index contributed by atoms with van der Waals surface area (Å²) in [5, 5.41) is 0. The second-order valence-corrected chi connectivity index (χ2v) is 9.67. The van der Waals surface area contributed by atoms with Gasteiger partial charge in [0, 0.05) is 0 Å². The molecule has 1 aliphatic heterocycles. The zero-order chi connectivity index (χ0) is 15.6. The van der Waals surface area contributed by atoms with Crippen molar-refractivity contribution in [3.05, 3.63) is 41.6 Å². The van der Waals surface area contributed by atoms with Gasteiger partial charge in [-0.2, -0.15) is 0 Å². The van der Waals surface area contributed by atoms with Crippen molar-refractivity contribution in [1.29, 1.82) is 0 Å². The van der Waals surface area contributed by atoms with Crippen LogP contribution in [0.15, 0.2) is 36.0 Å². The van der Waals surface area contributed by atoms with Crippen molar-refractivity contribution >= 4 is 8.80 Å². The zero-order valence-corrected chi connectivity index (χ0v) is 15.5. The predicted octanol–water partition coefficient (Wildman–Crippen LogP) is 5.55. The van der Waals surface area contributed by atoms with Crippen LogP contribution in [-0.4, -0.2) is 15.4 Å². The van der Waals surface area contributed by atoms with Gasteiger partial charge in [0.15, 0.2) is 0 Å². The summed E-state index contributed by atoms with van der Waals surface area (Å²) in [6.45, 7) is 5.05. The fourth-order valence-corrected chi connectivity index (χ4v) is 6.46. The first-order chi connectivity index (χ1) is 10.8. The van der Waals surface area contributed by atoms with Gasteiger partial charge >= 0.3 is 0 Å². The topological polar surface area (TPSA) is 9.23 Å². The average Bonchev–Trinajstić information content (AvgIpc) is 2.56. The summed E-state index contributed by atoms with van der Waals surface area (Å²) in [4.78, 5) is 0. The molecule has 1 aliphatic rings. The van der Waals surface area contributed by atoms with E-state index in [1.54, 1.807) is 0 Å². The van der Waals surface area contributed by atoms with Gasteiger partial charge in [-0.05, 0) is 49.8 Å². The number of allylic oxidation sites excluding steroid dienone is 1. The Morgan fingerprint density at radius 2 is 1.86 bits per heavy atom. The minimum absolute atomic E-state index is 0.507. The van der Waals surface area contributed by atoms with E-state index in [1.165, 1.54) is 56.2 Å². The first kappa shape index (κ1) is 17.3. The number of hydrogen-bond donors (Lipinski definition) is 0. The predicted molar refractivity (Wildman–Crippen MR) is 99.5 cm³/mol. The maximum Gasteiger partial charge on any atom is 0.119 e. The minimum Gasteiger partial charge on any atom is -0.494 e. The summed E-state index contributed by atoms with van der Waals surface area (Å²) < 4.78 is 5.51. The molecule has 2 rings (SSSR count).